The third-order valence-electron chi connectivity index (χ3n) is 3.30. The molecule has 0 spiro atoms. The number of rotatable bonds is 4. The van der Waals surface area contributed by atoms with Crippen molar-refractivity contribution >= 4 is 34.5 Å². The summed E-state index contributed by atoms with van der Waals surface area (Å²) in [5, 5.41) is 13.0. The third-order valence-corrected chi connectivity index (χ3v) is 3.83. The second-order valence-corrected chi connectivity index (χ2v) is 5.86. The van der Waals surface area contributed by atoms with E-state index in [1.807, 2.05) is 12.3 Å². The van der Waals surface area contributed by atoms with Crippen LogP contribution in [-0.4, -0.2) is 16.6 Å². The molecule has 0 bridgehead atoms. The topological polar surface area (TPSA) is 78.9 Å². The Balaban J connectivity index is 1.94. The highest BCUT2D eigenvalue weighted by molar-refractivity contribution is 8.04. The number of carbonyl (C=O) groups is 1. The lowest BCUT2D eigenvalue weighted by molar-refractivity contribution is -0.113. The monoisotopic (exact) mass is 341 g/mol. The van der Waals surface area contributed by atoms with E-state index in [9.17, 15) is 9.18 Å². The van der Waals surface area contributed by atoms with Crippen LogP contribution in [0.4, 0.5) is 10.1 Å². The zero-order chi connectivity index (χ0) is 17.1. The van der Waals surface area contributed by atoms with E-state index in [0.717, 1.165) is 17.3 Å². The second-order valence-electron chi connectivity index (χ2n) is 5.10. The standard InChI is InChI=1S/C17H12FN3O2S/c1-10-5-13(20-15(22)8-24-9-19)7-14-16(10)23-17(21-14)11-3-2-4-12(18)6-11/h2-7H,8H2,1H3,(H,20,22). The van der Waals surface area contributed by atoms with Gasteiger partial charge in [-0.1, -0.05) is 6.07 Å². The number of hydrogen-bond donors (Lipinski definition) is 1. The van der Waals surface area contributed by atoms with Crippen molar-refractivity contribution in [2.75, 3.05) is 11.1 Å². The molecular formula is C17H12FN3O2S. The summed E-state index contributed by atoms with van der Waals surface area (Å²) < 4.78 is 19.1. The SMILES string of the molecule is Cc1cc(NC(=O)CSC#N)cc2nc(-c3cccc(F)c3)oc12. The maximum atomic E-state index is 13.4. The fourth-order valence-corrected chi connectivity index (χ4v) is 2.58. The summed E-state index contributed by atoms with van der Waals surface area (Å²) in [6, 6.07) is 9.45. The van der Waals surface area contributed by atoms with Gasteiger partial charge in [-0.15, -0.1) is 0 Å². The highest BCUT2D eigenvalue weighted by Gasteiger charge is 2.13. The summed E-state index contributed by atoms with van der Waals surface area (Å²) in [6.07, 6.45) is 0. The van der Waals surface area contributed by atoms with Gasteiger partial charge in [0.25, 0.3) is 0 Å². The van der Waals surface area contributed by atoms with Gasteiger partial charge >= 0.3 is 0 Å². The van der Waals surface area contributed by atoms with Gasteiger partial charge < -0.3 is 9.73 Å². The highest BCUT2D eigenvalue weighted by atomic mass is 32.2. The zero-order valence-electron chi connectivity index (χ0n) is 12.7. The molecule has 0 unspecified atom stereocenters. The molecule has 120 valence electrons. The number of hydrogen-bond acceptors (Lipinski definition) is 5. The number of halogens is 1. The Labute approximate surface area is 141 Å². The lowest BCUT2D eigenvalue weighted by Crippen LogP contribution is -2.13. The van der Waals surface area contributed by atoms with E-state index < -0.39 is 0 Å². The Bertz CT molecular complexity index is 962. The molecule has 1 aromatic heterocycles. The molecule has 0 radical (unpaired) electrons. The predicted molar refractivity (Wildman–Crippen MR) is 90.8 cm³/mol. The van der Waals surface area contributed by atoms with E-state index in [0.29, 0.717) is 28.2 Å². The van der Waals surface area contributed by atoms with Gasteiger partial charge in [0.15, 0.2) is 5.58 Å². The lowest BCUT2D eigenvalue weighted by atomic mass is 10.2. The van der Waals surface area contributed by atoms with Crippen molar-refractivity contribution in [3.8, 4) is 16.9 Å². The molecule has 1 N–H and O–H groups in total. The number of fused-ring (bicyclic) bond motifs is 1. The Morgan fingerprint density at radius 2 is 2.25 bits per heavy atom. The van der Waals surface area contributed by atoms with Crippen molar-refractivity contribution in [3.05, 3.63) is 47.8 Å². The number of benzene rings is 2. The number of aromatic nitrogens is 1. The number of anilines is 1. The molecule has 24 heavy (non-hydrogen) atoms. The normalized spacial score (nSPS) is 10.5. The number of thioether (sulfide) groups is 1. The minimum Gasteiger partial charge on any atom is -0.436 e. The van der Waals surface area contributed by atoms with Gasteiger partial charge in [-0.05, 0) is 54.6 Å². The maximum Gasteiger partial charge on any atom is 0.235 e. The summed E-state index contributed by atoms with van der Waals surface area (Å²) in [5.74, 6) is -0.263. The van der Waals surface area contributed by atoms with Crippen LogP contribution in [0.1, 0.15) is 5.56 Å². The fourth-order valence-electron chi connectivity index (χ4n) is 2.31. The molecule has 0 aliphatic rings. The number of nitriles is 1. The van der Waals surface area contributed by atoms with Crippen molar-refractivity contribution in [2.45, 2.75) is 6.92 Å². The van der Waals surface area contributed by atoms with Crippen molar-refractivity contribution in [2.24, 2.45) is 0 Å². The molecule has 1 amide bonds. The summed E-state index contributed by atoms with van der Waals surface area (Å²) in [7, 11) is 0. The number of carbonyl (C=O) groups excluding carboxylic acids is 1. The average molecular weight is 341 g/mol. The van der Waals surface area contributed by atoms with E-state index in [1.54, 1.807) is 24.3 Å². The van der Waals surface area contributed by atoms with Crippen LogP contribution in [0.2, 0.25) is 0 Å². The number of oxazole rings is 1. The van der Waals surface area contributed by atoms with Crippen molar-refractivity contribution < 1.29 is 13.6 Å². The molecule has 1 heterocycles. The first-order valence-electron chi connectivity index (χ1n) is 7.04. The van der Waals surface area contributed by atoms with Crippen molar-refractivity contribution in [1.82, 2.24) is 4.98 Å². The minimum absolute atomic E-state index is 0.0565. The minimum atomic E-state index is -0.366. The second kappa shape index (κ2) is 6.72. The maximum absolute atomic E-state index is 13.4. The number of nitrogens with zero attached hydrogens (tertiary/aromatic N) is 2. The predicted octanol–water partition coefficient (Wildman–Crippen LogP) is 4.10. The molecule has 0 saturated carbocycles. The van der Waals surface area contributed by atoms with Gasteiger partial charge in [-0.25, -0.2) is 9.37 Å². The van der Waals surface area contributed by atoms with Gasteiger partial charge in [-0.3, -0.25) is 4.79 Å². The molecule has 3 rings (SSSR count). The molecule has 0 aliphatic heterocycles. The molecule has 3 aromatic rings. The quantitative estimate of drug-likeness (QED) is 0.723. The molecule has 2 aromatic carbocycles. The van der Waals surface area contributed by atoms with Crippen LogP contribution in [0.3, 0.4) is 0 Å². The molecule has 0 aliphatic carbocycles. The molecule has 5 nitrogen and oxygen atoms in total. The van der Waals surface area contributed by atoms with E-state index >= 15 is 0 Å². The smallest absolute Gasteiger partial charge is 0.235 e. The third kappa shape index (κ3) is 3.39. The van der Waals surface area contributed by atoms with Crippen LogP contribution in [0.15, 0.2) is 40.8 Å². The number of amides is 1. The first kappa shape index (κ1) is 16.0. The summed E-state index contributed by atoms with van der Waals surface area (Å²) in [5.41, 5.74) is 3.06. The molecule has 0 atom stereocenters. The van der Waals surface area contributed by atoms with Crippen LogP contribution in [0.5, 0.6) is 0 Å². The van der Waals surface area contributed by atoms with Gasteiger partial charge in [-0.2, -0.15) is 5.26 Å². The molecule has 0 saturated heterocycles. The number of nitrogens with one attached hydrogen (secondary N) is 1. The van der Waals surface area contributed by atoms with E-state index in [2.05, 4.69) is 10.3 Å². The van der Waals surface area contributed by atoms with Gasteiger partial charge in [0.05, 0.1) is 5.75 Å². The van der Waals surface area contributed by atoms with E-state index in [1.165, 1.54) is 12.1 Å². The molecular weight excluding hydrogens is 329 g/mol. The summed E-state index contributed by atoms with van der Waals surface area (Å²) >= 11 is 0.870. The number of thiocyanates is 1. The first-order valence-corrected chi connectivity index (χ1v) is 8.03. The van der Waals surface area contributed by atoms with Crippen LogP contribution in [0, 0.1) is 23.4 Å². The van der Waals surface area contributed by atoms with Crippen LogP contribution in [-0.2, 0) is 4.79 Å². The van der Waals surface area contributed by atoms with Gasteiger partial charge in [0.1, 0.15) is 16.7 Å². The Morgan fingerprint density at radius 3 is 3.00 bits per heavy atom. The largest absolute Gasteiger partial charge is 0.436 e. The highest BCUT2D eigenvalue weighted by Crippen LogP contribution is 2.29. The summed E-state index contributed by atoms with van der Waals surface area (Å²) in [6.45, 7) is 1.84. The number of aryl methyl sites for hydroxylation is 1. The zero-order valence-corrected chi connectivity index (χ0v) is 13.5. The van der Waals surface area contributed by atoms with Crippen molar-refractivity contribution in [1.29, 1.82) is 5.26 Å². The Hall–Kier alpha value is -2.85. The van der Waals surface area contributed by atoms with Crippen molar-refractivity contribution in [3.63, 3.8) is 0 Å². The summed E-state index contributed by atoms with van der Waals surface area (Å²) in [4.78, 5) is 16.1. The van der Waals surface area contributed by atoms with Gasteiger partial charge in [0, 0.05) is 11.3 Å². The van der Waals surface area contributed by atoms with E-state index in [4.69, 9.17) is 9.68 Å². The Kier molecular flexibility index (Phi) is 4.49. The Morgan fingerprint density at radius 1 is 1.42 bits per heavy atom. The van der Waals surface area contributed by atoms with Crippen LogP contribution >= 0.6 is 11.8 Å². The van der Waals surface area contributed by atoms with Crippen LogP contribution < -0.4 is 5.32 Å². The van der Waals surface area contributed by atoms with E-state index in [-0.39, 0.29) is 17.5 Å². The lowest BCUT2D eigenvalue weighted by Gasteiger charge is -2.04. The fraction of sp³-hybridized carbons (Fsp3) is 0.118. The van der Waals surface area contributed by atoms with Gasteiger partial charge in [0.2, 0.25) is 11.8 Å². The van der Waals surface area contributed by atoms with Crippen LogP contribution in [0.25, 0.3) is 22.6 Å². The molecule has 7 heteroatoms. The first-order chi connectivity index (χ1) is 11.6. The average Bonchev–Trinajstić information content (AvgIpc) is 2.97. The molecule has 0 fully saturated rings.